The average molecular weight is 491 g/mol. The molecule has 0 aromatic heterocycles. The molecule has 2 heteroatoms. The predicted octanol–water partition coefficient (Wildman–Crippen LogP) is 8.54. The fourth-order valence-corrected chi connectivity index (χ4v) is 19.6. The van der Waals surface area contributed by atoms with E-state index in [0.29, 0.717) is 12.3 Å². The molecule has 0 bridgehead atoms. The van der Waals surface area contributed by atoms with Crippen molar-refractivity contribution < 1.29 is 4.79 Å². The van der Waals surface area contributed by atoms with E-state index in [0.717, 1.165) is 19.1 Å². The molecule has 0 aliphatic carbocycles. The third-order valence-electron chi connectivity index (χ3n) is 6.23. The number of unbranched alkanes of at least 4 members (excludes halogenated alkanes) is 3. The zero-order chi connectivity index (χ0) is 20.5. The van der Waals surface area contributed by atoms with Crippen molar-refractivity contribution >= 4 is 24.7 Å². The van der Waals surface area contributed by atoms with Crippen LogP contribution in [0, 0.1) is 0 Å². The molecule has 28 heavy (non-hydrogen) atoms. The molecule has 0 fully saturated rings. The average Bonchev–Trinajstić information content (AvgIpc) is 2.74. The van der Waals surface area contributed by atoms with E-state index in [1.807, 2.05) is 0 Å². The topological polar surface area (TPSA) is 17.1 Å². The summed E-state index contributed by atoms with van der Waals surface area (Å²) < 4.78 is 6.21. The van der Waals surface area contributed by atoms with Gasteiger partial charge in [-0.3, -0.25) is 0 Å². The fourth-order valence-electron chi connectivity index (χ4n) is 4.35. The fraction of sp³-hybridized carbons (Fsp3) is 0.654. The van der Waals surface area contributed by atoms with Crippen molar-refractivity contribution in [2.24, 2.45) is 0 Å². The molecule has 1 rings (SSSR count). The Morgan fingerprint density at radius 1 is 0.857 bits per heavy atom. The van der Waals surface area contributed by atoms with Gasteiger partial charge < -0.3 is 0 Å². The van der Waals surface area contributed by atoms with Crippen LogP contribution in [0.15, 0.2) is 42.5 Å². The van der Waals surface area contributed by atoms with E-state index in [1.54, 1.807) is 13.3 Å². The summed E-state index contributed by atoms with van der Waals surface area (Å²) in [6.45, 7) is 7.05. The maximum absolute atomic E-state index is 11.1. The third-order valence-corrected chi connectivity index (χ3v) is 21.5. The van der Waals surface area contributed by atoms with Crippen LogP contribution in [0.25, 0.3) is 0 Å². The summed E-state index contributed by atoms with van der Waals surface area (Å²) in [5.74, 6) is 0.372. The van der Waals surface area contributed by atoms with Crippen molar-refractivity contribution in [3.63, 3.8) is 0 Å². The SMILES string of the molecule is CCC[CH2][Sn]([CH2]/C=C\CCC(CC=O)c1ccccc1)([CH2]CCC)[CH2]CCC. The second-order valence-electron chi connectivity index (χ2n) is 8.57. The number of carbonyl (C=O) groups is 1. The van der Waals surface area contributed by atoms with Crippen LogP contribution < -0.4 is 0 Å². The van der Waals surface area contributed by atoms with Crippen molar-refractivity contribution in [1.29, 1.82) is 0 Å². The van der Waals surface area contributed by atoms with Gasteiger partial charge in [0.15, 0.2) is 0 Å². The molecule has 0 aliphatic heterocycles. The van der Waals surface area contributed by atoms with E-state index < -0.39 is 18.4 Å². The predicted molar refractivity (Wildman–Crippen MR) is 128 cm³/mol. The van der Waals surface area contributed by atoms with Crippen LogP contribution in [-0.4, -0.2) is 24.7 Å². The van der Waals surface area contributed by atoms with E-state index in [1.165, 1.54) is 48.5 Å². The maximum atomic E-state index is 11.1. The molecule has 0 saturated carbocycles. The molecular weight excluding hydrogens is 447 g/mol. The van der Waals surface area contributed by atoms with E-state index in [-0.39, 0.29) is 0 Å². The monoisotopic (exact) mass is 492 g/mol. The van der Waals surface area contributed by atoms with E-state index >= 15 is 0 Å². The van der Waals surface area contributed by atoms with E-state index in [4.69, 9.17) is 0 Å². The quantitative estimate of drug-likeness (QED) is 0.121. The zero-order valence-electron chi connectivity index (χ0n) is 18.8. The summed E-state index contributed by atoms with van der Waals surface area (Å²) in [4.78, 5) is 11.1. The van der Waals surface area contributed by atoms with E-state index in [9.17, 15) is 4.79 Å². The second-order valence-corrected chi connectivity index (χ2v) is 22.6. The summed E-state index contributed by atoms with van der Waals surface area (Å²) >= 11 is -2.01. The molecule has 1 atom stereocenters. The van der Waals surface area contributed by atoms with Crippen molar-refractivity contribution in [1.82, 2.24) is 0 Å². The van der Waals surface area contributed by atoms with Crippen molar-refractivity contribution in [3.05, 3.63) is 48.0 Å². The standard InChI is InChI=1S/C14H17O.3C4H9.Sn/c1-2-3-5-8-14(11-12-15)13-9-6-4-7-10-13;3*1-3-4-2;/h2-4,6-7,9-10,12,14H,1,5,8,11H2;3*1,3-4H2,2H3;/b3-2-;;;;. The molecule has 1 nitrogen and oxygen atoms in total. The second kappa shape index (κ2) is 16.3. The number of benzene rings is 1. The van der Waals surface area contributed by atoms with Gasteiger partial charge in [-0.2, -0.15) is 0 Å². The van der Waals surface area contributed by atoms with Gasteiger partial charge in [-0.05, 0) is 0 Å². The zero-order valence-corrected chi connectivity index (χ0v) is 21.7. The Balaban J connectivity index is 2.64. The Labute approximate surface area is 179 Å². The molecule has 1 aromatic carbocycles. The van der Waals surface area contributed by atoms with Crippen molar-refractivity contribution in [3.8, 4) is 0 Å². The van der Waals surface area contributed by atoms with Crippen molar-refractivity contribution in [2.75, 3.05) is 0 Å². The van der Waals surface area contributed by atoms with Crippen molar-refractivity contribution in [2.45, 2.75) is 102 Å². The molecule has 0 radical (unpaired) electrons. The first-order valence-electron chi connectivity index (χ1n) is 11.8. The molecule has 1 aromatic rings. The van der Waals surface area contributed by atoms with E-state index in [2.05, 4.69) is 63.3 Å². The summed E-state index contributed by atoms with van der Waals surface area (Å²) in [6, 6.07) is 10.6. The number of carbonyl (C=O) groups excluding carboxylic acids is 1. The Bertz CT molecular complexity index is 501. The van der Waals surface area contributed by atoms with Gasteiger partial charge in [0.05, 0.1) is 0 Å². The Kier molecular flexibility index (Phi) is 14.8. The number of hydrogen-bond acceptors (Lipinski definition) is 1. The summed E-state index contributed by atoms with van der Waals surface area (Å²) in [7, 11) is 0. The number of hydrogen-bond donors (Lipinski definition) is 0. The van der Waals surface area contributed by atoms with Crippen LogP contribution in [0.5, 0.6) is 0 Å². The van der Waals surface area contributed by atoms with Crippen LogP contribution in [0.1, 0.15) is 90.0 Å². The van der Waals surface area contributed by atoms with Gasteiger partial charge in [0, 0.05) is 0 Å². The summed E-state index contributed by atoms with van der Waals surface area (Å²) in [6.07, 6.45) is 17.3. The van der Waals surface area contributed by atoms with Gasteiger partial charge in [-0.15, -0.1) is 0 Å². The summed E-state index contributed by atoms with van der Waals surface area (Å²) in [5.41, 5.74) is 1.31. The third kappa shape index (κ3) is 10.3. The van der Waals surface area contributed by atoms with Crippen LogP contribution in [0.2, 0.25) is 17.7 Å². The molecule has 0 N–H and O–H groups in total. The molecule has 0 heterocycles. The molecule has 0 amide bonds. The Hall–Kier alpha value is -0.571. The van der Waals surface area contributed by atoms with Gasteiger partial charge in [0.1, 0.15) is 0 Å². The van der Waals surface area contributed by atoms with Crippen LogP contribution in [0.3, 0.4) is 0 Å². The van der Waals surface area contributed by atoms with Gasteiger partial charge in [-0.1, -0.05) is 0 Å². The van der Waals surface area contributed by atoms with Gasteiger partial charge >= 0.3 is 180 Å². The van der Waals surface area contributed by atoms with Crippen LogP contribution in [-0.2, 0) is 4.79 Å². The number of rotatable bonds is 17. The molecule has 0 spiro atoms. The van der Waals surface area contributed by atoms with Gasteiger partial charge in [-0.25, -0.2) is 0 Å². The first-order valence-corrected chi connectivity index (χ1v) is 19.9. The van der Waals surface area contributed by atoms with Gasteiger partial charge in [0.25, 0.3) is 0 Å². The minimum absolute atomic E-state index is 0.372. The molecule has 1 unspecified atom stereocenters. The molecular formula is C26H44OSn. The minimum atomic E-state index is -2.01. The van der Waals surface area contributed by atoms with Crippen LogP contribution in [0.4, 0.5) is 0 Å². The molecule has 158 valence electrons. The number of allylic oxidation sites excluding steroid dienone is 2. The number of aldehydes is 1. The Morgan fingerprint density at radius 3 is 1.93 bits per heavy atom. The van der Waals surface area contributed by atoms with Gasteiger partial charge in [0.2, 0.25) is 0 Å². The van der Waals surface area contributed by atoms with Crippen LogP contribution >= 0.6 is 0 Å². The first-order chi connectivity index (χ1) is 13.7. The molecule has 0 aliphatic rings. The first kappa shape index (κ1) is 25.5. The normalized spacial score (nSPS) is 13.1. The summed E-state index contributed by atoms with van der Waals surface area (Å²) in [5, 5.41) is 0. The molecule has 0 saturated heterocycles. The Morgan fingerprint density at radius 2 is 1.43 bits per heavy atom.